The fraction of sp³-hybridized carbons (Fsp3) is 0.375. The summed E-state index contributed by atoms with van der Waals surface area (Å²) in [5.74, 6) is 2.92. The Kier molecular flexibility index (Phi) is 4.85. The third-order valence-corrected chi connectivity index (χ3v) is 6.71. The van der Waals surface area contributed by atoms with Crippen molar-refractivity contribution in [3.8, 4) is 17.0 Å². The number of nitrogens with two attached hydrogens (primary N) is 1. The zero-order valence-electron chi connectivity index (χ0n) is 15.9. The van der Waals surface area contributed by atoms with Gasteiger partial charge >= 0.3 is 0 Å². The van der Waals surface area contributed by atoms with E-state index in [1.165, 1.54) is 25.7 Å². The Labute approximate surface area is 174 Å². The maximum absolute atomic E-state index is 6.52. The summed E-state index contributed by atoms with van der Waals surface area (Å²) in [7, 11) is 0. The van der Waals surface area contributed by atoms with Crippen LogP contribution in [0.25, 0.3) is 22.0 Å². The highest BCUT2D eigenvalue weighted by Crippen LogP contribution is 2.44. The Balaban J connectivity index is 1.37. The van der Waals surface area contributed by atoms with Crippen LogP contribution in [-0.4, -0.2) is 17.6 Å². The number of benzene rings is 2. The van der Waals surface area contributed by atoms with Gasteiger partial charge in [0.2, 0.25) is 0 Å². The number of ether oxygens (including phenoxy) is 1. The summed E-state index contributed by atoms with van der Waals surface area (Å²) in [6, 6.07) is 17.0. The van der Waals surface area contributed by atoms with Crippen molar-refractivity contribution < 1.29 is 4.74 Å². The summed E-state index contributed by atoms with van der Waals surface area (Å²) >= 11 is 3.50. The summed E-state index contributed by atoms with van der Waals surface area (Å²) in [4.78, 5) is 4.62. The quantitative estimate of drug-likeness (QED) is 0.508. The van der Waals surface area contributed by atoms with Crippen molar-refractivity contribution in [3.63, 3.8) is 0 Å². The molecule has 0 bridgehead atoms. The van der Waals surface area contributed by atoms with Crippen molar-refractivity contribution in [3.05, 3.63) is 59.2 Å². The molecule has 1 aromatic heterocycles. The number of pyridine rings is 1. The van der Waals surface area contributed by atoms with Gasteiger partial charge in [-0.2, -0.15) is 0 Å². The SMILES string of the molecule is NC(C1CC1)C(COc1ccc2c(-c3ccc(Br)cc3)nccc2c1)C1CC1. The van der Waals surface area contributed by atoms with E-state index < -0.39 is 0 Å². The van der Waals surface area contributed by atoms with E-state index >= 15 is 0 Å². The van der Waals surface area contributed by atoms with Crippen LogP contribution in [0.15, 0.2) is 59.2 Å². The minimum Gasteiger partial charge on any atom is -0.493 e. The monoisotopic (exact) mass is 436 g/mol. The van der Waals surface area contributed by atoms with E-state index in [1.807, 2.05) is 6.20 Å². The summed E-state index contributed by atoms with van der Waals surface area (Å²) in [6.45, 7) is 0.735. The predicted octanol–water partition coefficient (Wildman–Crippen LogP) is 5.81. The number of halogens is 1. The molecule has 5 rings (SSSR count). The summed E-state index contributed by atoms with van der Waals surface area (Å²) in [6.07, 6.45) is 7.10. The molecule has 0 amide bonds. The van der Waals surface area contributed by atoms with E-state index in [1.54, 1.807) is 0 Å². The fourth-order valence-corrected chi connectivity index (χ4v) is 4.46. The van der Waals surface area contributed by atoms with Crippen LogP contribution in [0, 0.1) is 17.8 Å². The molecule has 2 fully saturated rings. The lowest BCUT2D eigenvalue weighted by molar-refractivity contribution is 0.196. The van der Waals surface area contributed by atoms with Crippen molar-refractivity contribution in [1.29, 1.82) is 0 Å². The smallest absolute Gasteiger partial charge is 0.119 e. The molecule has 2 saturated carbocycles. The molecular weight excluding hydrogens is 412 g/mol. The average molecular weight is 437 g/mol. The van der Waals surface area contributed by atoms with Gasteiger partial charge in [0.25, 0.3) is 0 Å². The van der Waals surface area contributed by atoms with Crippen molar-refractivity contribution in [2.45, 2.75) is 31.7 Å². The van der Waals surface area contributed by atoms with Crippen molar-refractivity contribution in [1.82, 2.24) is 4.98 Å². The van der Waals surface area contributed by atoms with Crippen molar-refractivity contribution >= 4 is 26.7 Å². The first-order chi connectivity index (χ1) is 13.7. The van der Waals surface area contributed by atoms with E-state index in [-0.39, 0.29) is 0 Å². The number of fused-ring (bicyclic) bond motifs is 1. The van der Waals surface area contributed by atoms with Crippen LogP contribution in [0.1, 0.15) is 25.7 Å². The number of aromatic nitrogens is 1. The normalized spacial score (nSPS) is 18.8. The number of nitrogens with zero attached hydrogens (tertiary/aromatic N) is 1. The molecule has 3 nitrogen and oxygen atoms in total. The molecule has 2 atom stereocenters. The molecule has 2 N–H and O–H groups in total. The van der Waals surface area contributed by atoms with E-state index in [2.05, 4.69) is 69.4 Å². The number of rotatable bonds is 7. The fourth-order valence-electron chi connectivity index (χ4n) is 4.19. The van der Waals surface area contributed by atoms with Crippen LogP contribution in [0.2, 0.25) is 0 Å². The highest BCUT2D eigenvalue weighted by atomic mass is 79.9. The van der Waals surface area contributed by atoms with Gasteiger partial charge in [0.05, 0.1) is 12.3 Å². The molecule has 4 heteroatoms. The molecule has 0 saturated heterocycles. The third-order valence-electron chi connectivity index (χ3n) is 6.18. The Hall–Kier alpha value is -1.91. The van der Waals surface area contributed by atoms with E-state index in [0.29, 0.717) is 12.0 Å². The van der Waals surface area contributed by atoms with Gasteiger partial charge in [-0.05, 0) is 79.3 Å². The minimum absolute atomic E-state index is 0.307. The lowest BCUT2D eigenvalue weighted by Gasteiger charge is -2.24. The zero-order valence-corrected chi connectivity index (χ0v) is 17.4. The van der Waals surface area contributed by atoms with Gasteiger partial charge in [-0.3, -0.25) is 4.98 Å². The molecule has 0 spiro atoms. The second-order valence-corrected chi connectivity index (χ2v) is 9.19. The van der Waals surface area contributed by atoms with Crippen LogP contribution in [0.5, 0.6) is 5.75 Å². The highest BCUT2D eigenvalue weighted by molar-refractivity contribution is 9.10. The maximum atomic E-state index is 6.52. The van der Waals surface area contributed by atoms with Crippen molar-refractivity contribution in [2.75, 3.05) is 6.61 Å². The Bertz CT molecular complexity index is 980. The molecule has 2 unspecified atom stereocenters. The highest BCUT2D eigenvalue weighted by Gasteiger charge is 2.41. The van der Waals surface area contributed by atoms with Crippen LogP contribution in [-0.2, 0) is 0 Å². The molecule has 0 radical (unpaired) electrons. The predicted molar refractivity (Wildman–Crippen MR) is 117 cm³/mol. The second-order valence-electron chi connectivity index (χ2n) is 8.28. The molecule has 0 aliphatic heterocycles. The summed E-state index contributed by atoms with van der Waals surface area (Å²) in [5.41, 5.74) is 8.64. The van der Waals surface area contributed by atoms with E-state index in [0.717, 1.165) is 50.7 Å². The zero-order chi connectivity index (χ0) is 19.1. The topological polar surface area (TPSA) is 48.1 Å². The van der Waals surface area contributed by atoms with Crippen LogP contribution >= 0.6 is 15.9 Å². The van der Waals surface area contributed by atoms with Gasteiger partial charge in [0.15, 0.2) is 0 Å². The molecular formula is C24H25BrN2O. The molecule has 1 heterocycles. The standard InChI is InChI=1S/C24H25BrN2O/c25-19-7-5-17(6-8-19)24-21-10-9-20(13-18(21)11-12-27-24)28-14-22(15-1-2-15)23(26)16-3-4-16/h5-13,15-16,22-23H,1-4,14,26H2. The van der Waals surface area contributed by atoms with Gasteiger partial charge in [-0.25, -0.2) is 0 Å². The summed E-state index contributed by atoms with van der Waals surface area (Å²) < 4.78 is 7.30. The molecule has 3 aromatic rings. The second kappa shape index (κ2) is 7.49. The van der Waals surface area contributed by atoms with Gasteiger partial charge < -0.3 is 10.5 Å². The Morgan fingerprint density at radius 3 is 2.46 bits per heavy atom. The minimum atomic E-state index is 0.307. The first-order valence-corrected chi connectivity index (χ1v) is 11.0. The van der Waals surface area contributed by atoms with E-state index in [4.69, 9.17) is 10.5 Å². The number of hydrogen-bond donors (Lipinski definition) is 1. The molecule has 144 valence electrons. The number of hydrogen-bond acceptors (Lipinski definition) is 3. The van der Waals surface area contributed by atoms with Crippen LogP contribution in [0.4, 0.5) is 0 Å². The van der Waals surface area contributed by atoms with Crippen LogP contribution in [0.3, 0.4) is 0 Å². The third kappa shape index (κ3) is 3.81. The first-order valence-electron chi connectivity index (χ1n) is 10.2. The molecule has 28 heavy (non-hydrogen) atoms. The van der Waals surface area contributed by atoms with E-state index in [9.17, 15) is 0 Å². The van der Waals surface area contributed by atoms with Gasteiger partial charge in [-0.1, -0.05) is 28.1 Å². The molecule has 2 aliphatic carbocycles. The lowest BCUT2D eigenvalue weighted by atomic mass is 9.92. The molecule has 2 aliphatic rings. The van der Waals surface area contributed by atoms with Crippen molar-refractivity contribution in [2.24, 2.45) is 23.5 Å². The Morgan fingerprint density at radius 2 is 1.75 bits per heavy atom. The largest absolute Gasteiger partial charge is 0.493 e. The van der Waals surface area contributed by atoms with Gasteiger partial charge in [-0.15, -0.1) is 0 Å². The maximum Gasteiger partial charge on any atom is 0.119 e. The Morgan fingerprint density at radius 1 is 1.00 bits per heavy atom. The first kappa shape index (κ1) is 18.1. The average Bonchev–Trinajstić information content (AvgIpc) is 3.61. The van der Waals surface area contributed by atoms with Gasteiger partial charge in [0, 0.05) is 33.6 Å². The molecule has 2 aromatic carbocycles. The lowest BCUT2D eigenvalue weighted by Crippen LogP contribution is -2.37. The summed E-state index contributed by atoms with van der Waals surface area (Å²) in [5, 5.41) is 2.30. The van der Waals surface area contributed by atoms with Gasteiger partial charge in [0.1, 0.15) is 5.75 Å². The van der Waals surface area contributed by atoms with Crippen LogP contribution < -0.4 is 10.5 Å².